The third-order valence-electron chi connectivity index (χ3n) is 0.853. The van der Waals surface area contributed by atoms with E-state index in [1.54, 1.807) is 0 Å². The summed E-state index contributed by atoms with van der Waals surface area (Å²) in [4.78, 5) is 20.1. The second kappa shape index (κ2) is 4.68. The molecule has 0 rings (SSSR count). The molecule has 0 saturated carbocycles. The van der Waals surface area contributed by atoms with Crippen LogP contribution in [0.25, 0.3) is 0 Å². The smallest absolute Gasteiger partial charge is 0.462 e. The molecule has 0 aromatic rings. The van der Waals surface area contributed by atoms with E-state index >= 15 is 0 Å². The van der Waals surface area contributed by atoms with E-state index in [-0.39, 0.29) is 6.61 Å². The molecular weight excluding hydrogens is 193 g/mol. The number of rotatable bonds is 3. The van der Waals surface area contributed by atoms with E-state index in [4.69, 9.17) is 0 Å². The average Bonchev–Trinajstić information content (AvgIpc) is 1.95. The first-order chi connectivity index (χ1) is 5.84. The van der Waals surface area contributed by atoms with E-state index in [1.807, 2.05) is 0 Å². The predicted octanol–water partition coefficient (Wildman–Crippen LogP) is 0.655. The SMILES string of the molecule is CC(=O)OCCOC(=O)C(F)(F)F. The zero-order valence-corrected chi connectivity index (χ0v) is 6.68. The monoisotopic (exact) mass is 200 g/mol. The Kier molecular flexibility index (Phi) is 4.22. The van der Waals surface area contributed by atoms with Crippen molar-refractivity contribution in [3.8, 4) is 0 Å². The summed E-state index contributed by atoms with van der Waals surface area (Å²) >= 11 is 0. The lowest BCUT2D eigenvalue weighted by Crippen LogP contribution is -2.26. The first-order valence-corrected chi connectivity index (χ1v) is 3.21. The summed E-state index contributed by atoms with van der Waals surface area (Å²) in [5.41, 5.74) is 0. The second-order valence-electron chi connectivity index (χ2n) is 1.97. The lowest BCUT2D eigenvalue weighted by molar-refractivity contribution is -0.201. The molecule has 0 radical (unpaired) electrons. The summed E-state index contributed by atoms with van der Waals surface area (Å²) in [5, 5.41) is 0. The number of ether oxygens (including phenoxy) is 2. The molecule has 0 spiro atoms. The van der Waals surface area contributed by atoms with Gasteiger partial charge in [0.15, 0.2) is 0 Å². The van der Waals surface area contributed by atoms with Crippen molar-refractivity contribution in [2.45, 2.75) is 13.1 Å². The predicted molar refractivity (Wildman–Crippen MR) is 33.6 cm³/mol. The normalized spacial score (nSPS) is 10.8. The average molecular weight is 200 g/mol. The van der Waals surface area contributed by atoms with Gasteiger partial charge >= 0.3 is 18.1 Å². The molecule has 0 heterocycles. The van der Waals surface area contributed by atoms with Gasteiger partial charge < -0.3 is 9.47 Å². The zero-order valence-electron chi connectivity index (χ0n) is 6.68. The fourth-order valence-electron chi connectivity index (χ4n) is 0.402. The number of alkyl halides is 3. The topological polar surface area (TPSA) is 52.6 Å². The van der Waals surface area contributed by atoms with E-state index in [1.165, 1.54) is 0 Å². The van der Waals surface area contributed by atoms with E-state index < -0.39 is 24.7 Å². The van der Waals surface area contributed by atoms with E-state index in [9.17, 15) is 22.8 Å². The minimum absolute atomic E-state index is 0.378. The number of carbonyl (C=O) groups is 2. The summed E-state index contributed by atoms with van der Waals surface area (Å²) < 4.78 is 42.3. The standard InChI is InChI=1S/C6H7F3O4/c1-4(10)12-2-3-13-5(11)6(7,8)9/h2-3H2,1H3. The minimum Gasteiger partial charge on any atom is -0.462 e. The molecule has 0 atom stereocenters. The molecule has 4 nitrogen and oxygen atoms in total. The van der Waals surface area contributed by atoms with Crippen molar-refractivity contribution in [1.29, 1.82) is 0 Å². The maximum absolute atomic E-state index is 11.5. The summed E-state index contributed by atoms with van der Waals surface area (Å²) in [6.07, 6.45) is -5.00. The van der Waals surface area contributed by atoms with Crippen molar-refractivity contribution in [2.24, 2.45) is 0 Å². The summed E-state index contributed by atoms with van der Waals surface area (Å²) in [7, 11) is 0. The quantitative estimate of drug-likeness (QED) is 0.496. The van der Waals surface area contributed by atoms with Crippen molar-refractivity contribution < 1.29 is 32.2 Å². The molecule has 0 bridgehead atoms. The van der Waals surface area contributed by atoms with Gasteiger partial charge in [-0.1, -0.05) is 0 Å². The molecule has 0 amide bonds. The molecule has 0 N–H and O–H groups in total. The molecular formula is C6H7F3O4. The van der Waals surface area contributed by atoms with Gasteiger partial charge in [0.05, 0.1) is 0 Å². The van der Waals surface area contributed by atoms with Crippen LogP contribution in [0, 0.1) is 0 Å². The summed E-state index contributed by atoms with van der Waals surface area (Å²) in [5.74, 6) is -2.94. The fourth-order valence-corrected chi connectivity index (χ4v) is 0.402. The molecule has 7 heteroatoms. The number of halogens is 3. The van der Waals surface area contributed by atoms with E-state index in [0.717, 1.165) is 6.92 Å². The minimum atomic E-state index is -5.00. The van der Waals surface area contributed by atoms with Crippen LogP contribution in [0.15, 0.2) is 0 Å². The third kappa shape index (κ3) is 5.94. The number of esters is 2. The van der Waals surface area contributed by atoms with Crippen LogP contribution in [0.1, 0.15) is 6.92 Å². The van der Waals surface area contributed by atoms with Crippen molar-refractivity contribution in [2.75, 3.05) is 13.2 Å². The number of hydrogen-bond acceptors (Lipinski definition) is 4. The Bertz CT molecular complexity index is 199. The maximum atomic E-state index is 11.5. The van der Waals surface area contributed by atoms with Gasteiger partial charge in [-0.3, -0.25) is 4.79 Å². The third-order valence-corrected chi connectivity index (χ3v) is 0.853. The van der Waals surface area contributed by atoms with Crippen LogP contribution in [0.5, 0.6) is 0 Å². The molecule has 0 saturated heterocycles. The Morgan fingerprint density at radius 1 is 1.15 bits per heavy atom. The van der Waals surface area contributed by atoms with Gasteiger partial charge in [-0.05, 0) is 0 Å². The molecule has 0 aliphatic carbocycles. The van der Waals surface area contributed by atoms with Crippen molar-refractivity contribution in [1.82, 2.24) is 0 Å². The highest BCUT2D eigenvalue weighted by atomic mass is 19.4. The van der Waals surface area contributed by atoms with Crippen LogP contribution in [0.4, 0.5) is 13.2 Å². The molecule has 76 valence electrons. The lowest BCUT2D eigenvalue weighted by atomic mass is 10.6. The maximum Gasteiger partial charge on any atom is 0.490 e. The van der Waals surface area contributed by atoms with Gasteiger partial charge in [0.2, 0.25) is 0 Å². The summed E-state index contributed by atoms with van der Waals surface area (Å²) in [6.45, 7) is 0.112. The Morgan fingerprint density at radius 3 is 2.00 bits per heavy atom. The zero-order chi connectivity index (χ0) is 10.5. The van der Waals surface area contributed by atoms with Crippen LogP contribution in [0.3, 0.4) is 0 Å². The van der Waals surface area contributed by atoms with Gasteiger partial charge in [-0.25, -0.2) is 4.79 Å². The Morgan fingerprint density at radius 2 is 1.62 bits per heavy atom. The highest BCUT2D eigenvalue weighted by molar-refractivity contribution is 5.75. The highest BCUT2D eigenvalue weighted by Gasteiger charge is 2.40. The summed E-state index contributed by atoms with van der Waals surface area (Å²) in [6, 6.07) is 0. The fraction of sp³-hybridized carbons (Fsp3) is 0.667. The van der Waals surface area contributed by atoms with Crippen LogP contribution >= 0.6 is 0 Å². The van der Waals surface area contributed by atoms with Crippen molar-refractivity contribution in [3.05, 3.63) is 0 Å². The van der Waals surface area contributed by atoms with Crippen LogP contribution in [-0.2, 0) is 19.1 Å². The molecule has 0 aromatic heterocycles. The molecule has 0 aromatic carbocycles. The molecule has 0 unspecified atom stereocenters. The van der Waals surface area contributed by atoms with Crippen LogP contribution in [0.2, 0.25) is 0 Å². The molecule has 0 aliphatic rings. The van der Waals surface area contributed by atoms with Gasteiger partial charge in [0.1, 0.15) is 13.2 Å². The van der Waals surface area contributed by atoms with Gasteiger partial charge in [-0.15, -0.1) is 0 Å². The Balaban J connectivity index is 3.55. The van der Waals surface area contributed by atoms with Crippen molar-refractivity contribution in [3.63, 3.8) is 0 Å². The van der Waals surface area contributed by atoms with Crippen molar-refractivity contribution >= 4 is 11.9 Å². The highest BCUT2D eigenvalue weighted by Crippen LogP contribution is 2.15. The Labute approximate surface area is 71.6 Å². The van der Waals surface area contributed by atoms with Crippen LogP contribution < -0.4 is 0 Å². The number of carbonyl (C=O) groups excluding carboxylic acids is 2. The lowest BCUT2D eigenvalue weighted by Gasteiger charge is -2.06. The van der Waals surface area contributed by atoms with E-state index in [0.29, 0.717) is 0 Å². The van der Waals surface area contributed by atoms with Gasteiger partial charge in [-0.2, -0.15) is 13.2 Å². The molecule has 13 heavy (non-hydrogen) atoms. The van der Waals surface area contributed by atoms with Crippen LogP contribution in [-0.4, -0.2) is 31.3 Å². The molecule has 0 aliphatic heterocycles. The van der Waals surface area contributed by atoms with Gasteiger partial charge in [0.25, 0.3) is 0 Å². The largest absolute Gasteiger partial charge is 0.490 e. The van der Waals surface area contributed by atoms with E-state index in [2.05, 4.69) is 9.47 Å². The van der Waals surface area contributed by atoms with Gasteiger partial charge in [0, 0.05) is 6.92 Å². The molecule has 0 fully saturated rings. The first-order valence-electron chi connectivity index (χ1n) is 3.21. The number of hydrogen-bond donors (Lipinski definition) is 0. The second-order valence-corrected chi connectivity index (χ2v) is 1.97. The Hall–Kier alpha value is -1.27. The first kappa shape index (κ1) is 11.7.